The third kappa shape index (κ3) is 2.08. The Hall–Kier alpha value is -1.22. The number of rotatable bonds is 3. The van der Waals surface area contributed by atoms with Crippen LogP contribution >= 0.6 is 0 Å². The summed E-state index contributed by atoms with van der Waals surface area (Å²) in [6, 6.07) is 0. The first-order valence-electron chi connectivity index (χ1n) is 5.54. The minimum atomic E-state index is -5.75. The Labute approximate surface area is 111 Å². The van der Waals surface area contributed by atoms with Crippen molar-refractivity contribution in [2.75, 3.05) is 6.61 Å². The molecule has 0 bridgehead atoms. The van der Waals surface area contributed by atoms with E-state index in [0.717, 1.165) is 13.8 Å². The smallest absolute Gasteiger partial charge is 0.447 e. The Balaban J connectivity index is 3.25. The van der Waals surface area contributed by atoms with Crippen LogP contribution in [0, 0.1) is 0 Å². The Morgan fingerprint density at radius 2 is 1.95 bits per heavy atom. The molecule has 1 rings (SSSR count). The van der Waals surface area contributed by atoms with E-state index in [1.54, 1.807) is 0 Å². The van der Waals surface area contributed by atoms with Gasteiger partial charge < -0.3 is 14.6 Å². The minimum Gasteiger partial charge on any atom is -0.447 e. The highest BCUT2D eigenvalue weighted by atomic mass is 19.4. The first kappa shape index (κ1) is 16.8. The first-order chi connectivity index (χ1) is 8.84. The number of halogens is 5. The maximum absolute atomic E-state index is 14.0. The van der Waals surface area contributed by atoms with E-state index in [9.17, 15) is 26.7 Å². The molecule has 0 amide bonds. The van der Waals surface area contributed by atoms with E-state index in [0.29, 0.717) is 0 Å². The predicted molar refractivity (Wildman–Crippen MR) is 55.8 cm³/mol. The zero-order chi connectivity index (χ0) is 16.0. The van der Waals surface area contributed by atoms with E-state index < -0.39 is 42.5 Å². The molecule has 2 atom stereocenters. The predicted octanol–water partition coefficient (Wildman–Crippen LogP) is 2.17. The molecule has 1 aliphatic heterocycles. The van der Waals surface area contributed by atoms with Crippen LogP contribution in [0.3, 0.4) is 0 Å². The maximum Gasteiger partial charge on any atom is 0.449 e. The zero-order valence-electron chi connectivity index (χ0n) is 10.7. The van der Waals surface area contributed by atoms with Gasteiger partial charge >= 0.3 is 23.9 Å². The number of carbonyl (C=O) groups is 1. The third-order valence-corrected chi connectivity index (χ3v) is 3.10. The van der Waals surface area contributed by atoms with Crippen LogP contribution in [-0.4, -0.2) is 41.2 Å². The quantitative estimate of drug-likeness (QED) is 0.493. The second kappa shape index (κ2) is 4.66. The van der Waals surface area contributed by atoms with Crippen LogP contribution in [0.2, 0.25) is 0 Å². The van der Waals surface area contributed by atoms with Crippen LogP contribution in [0.15, 0.2) is 12.2 Å². The summed E-state index contributed by atoms with van der Waals surface area (Å²) in [6.45, 7) is 4.10. The fourth-order valence-corrected chi connectivity index (χ4v) is 1.73. The number of hydrogen-bond donors (Lipinski definition) is 1. The van der Waals surface area contributed by atoms with Crippen LogP contribution in [0.1, 0.15) is 20.3 Å². The molecule has 9 heteroatoms. The molecular formula is C11H13F5O4. The molecule has 0 aromatic heterocycles. The molecule has 1 N–H and O–H groups in total. The molecule has 2 unspecified atom stereocenters. The van der Waals surface area contributed by atoms with Crippen molar-refractivity contribution in [3.05, 3.63) is 12.2 Å². The number of carbonyl (C=O) groups excluding carboxylic acids is 1. The Morgan fingerprint density at radius 3 is 2.25 bits per heavy atom. The standard InChI is InChI=1S/C11H13F5O4/c1-4-8(20-7(17)6(2)3)5-19-10(18,9(8,12)13)11(14,15)16/h18H,2,4-5H2,1,3H3. The van der Waals surface area contributed by atoms with E-state index in [1.165, 1.54) is 0 Å². The largest absolute Gasteiger partial charge is 0.449 e. The number of aliphatic hydroxyl groups is 1. The summed E-state index contributed by atoms with van der Waals surface area (Å²) in [6.07, 6.45) is -6.43. The summed E-state index contributed by atoms with van der Waals surface area (Å²) in [5.41, 5.74) is -3.18. The van der Waals surface area contributed by atoms with Crippen molar-refractivity contribution >= 4 is 5.97 Å². The minimum absolute atomic E-state index is 0.268. The van der Waals surface area contributed by atoms with Gasteiger partial charge in [0.05, 0.1) is 6.61 Å². The molecule has 0 aliphatic carbocycles. The van der Waals surface area contributed by atoms with Crippen LogP contribution in [-0.2, 0) is 14.3 Å². The molecule has 1 fully saturated rings. The summed E-state index contributed by atoms with van der Waals surface area (Å²) < 4.78 is 74.2. The van der Waals surface area contributed by atoms with Crippen molar-refractivity contribution in [2.45, 2.75) is 43.8 Å². The number of ether oxygens (including phenoxy) is 2. The summed E-state index contributed by atoms with van der Waals surface area (Å²) in [5, 5.41) is 9.16. The first-order valence-corrected chi connectivity index (χ1v) is 5.54. The van der Waals surface area contributed by atoms with Gasteiger partial charge in [-0.15, -0.1) is 0 Å². The van der Waals surface area contributed by atoms with Crippen molar-refractivity contribution in [2.24, 2.45) is 0 Å². The number of alkyl halides is 5. The molecule has 1 aliphatic rings. The van der Waals surface area contributed by atoms with E-state index in [-0.39, 0.29) is 5.57 Å². The van der Waals surface area contributed by atoms with Gasteiger partial charge in [0, 0.05) is 5.57 Å². The van der Waals surface area contributed by atoms with Gasteiger partial charge in [0.25, 0.3) is 0 Å². The summed E-state index contributed by atoms with van der Waals surface area (Å²) >= 11 is 0. The molecule has 0 aromatic rings. The monoisotopic (exact) mass is 304 g/mol. The molecule has 1 saturated heterocycles. The highest BCUT2D eigenvalue weighted by Gasteiger charge is 2.83. The average Bonchev–Trinajstić information content (AvgIpc) is 2.50. The second-order valence-corrected chi connectivity index (χ2v) is 4.52. The van der Waals surface area contributed by atoms with Crippen molar-refractivity contribution < 1.29 is 41.3 Å². The van der Waals surface area contributed by atoms with Crippen LogP contribution in [0.5, 0.6) is 0 Å². The van der Waals surface area contributed by atoms with Gasteiger partial charge in [-0.3, -0.25) is 0 Å². The fraction of sp³-hybridized carbons (Fsp3) is 0.727. The van der Waals surface area contributed by atoms with Gasteiger partial charge in [0.15, 0.2) is 0 Å². The highest BCUT2D eigenvalue weighted by molar-refractivity contribution is 5.87. The maximum atomic E-state index is 14.0. The number of hydrogen-bond acceptors (Lipinski definition) is 4. The van der Waals surface area contributed by atoms with Crippen LogP contribution in [0.25, 0.3) is 0 Å². The topological polar surface area (TPSA) is 55.8 Å². The van der Waals surface area contributed by atoms with Crippen molar-refractivity contribution in [3.63, 3.8) is 0 Å². The molecule has 116 valence electrons. The van der Waals surface area contributed by atoms with Crippen molar-refractivity contribution in [3.8, 4) is 0 Å². The SMILES string of the molecule is C=C(C)C(=O)OC1(CC)COC(O)(C(F)(F)F)C1(F)F. The van der Waals surface area contributed by atoms with Gasteiger partial charge in [-0.2, -0.15) is 22.0 Å². The highest BCUT2D eigenvalue weighted by Crippen LogP contribution is 2.55. The summed E-state index contributed by atoms with van der Waals surface area (Å²) in [4.78, 5) is 11.3. The molecule has 20 heavy (non-hydrogen) atoms. The van der Waals surface area contributed by atoms with Crippen LogP contribution in [0.4, 0.5) is 22.0 Å². The van der Waals surface area contributed by atoms with Crippen LogP contribution < -0.4 is 0 Å². The molecule has 0 saturated carbocycles. The molecule has 0 radical (unpaired) electrons. The van der Waals surface area contributed by atoms with Gasteiger partial charge in [-0.25, -0.2) is 4.79 Å². The number of esters is 1. The lowest BCUT2D eigenvalue weighted by Crippen LogP contribution is -2.64. The lowest BCUT2D eigenvalue weighted by Gasteiger charge is -2.37. The summed E-state index contributed by atoms with van der Waals surface area (Å²) in [5.74, 6) is -10.9. The van der Waals surface area contributed by atoms with E-state index >= 15 is 0 Å². The fourth-order valence-electron chi connectivity index (χ4n) is 1.73. The van der Waals surface area contributed by atoms with Gasteiger partial charge in [-0.1, -0.05) is 13.5 Å². The molecule has 0 aromatic carbocycles. The Morgan fingerprint density at radius 1 is 1.45 bits per heavy atom. The lowest BCUT2D eigenvalue weighted by atomic mass is 9.89. The second-order valence-electron chi connectivity index (χ2n) is 4.52. The molecule has 1 heterocycles. The van der Waals surface area contributed by atoms with E-state index in [4.69, 9.17) is 5.11 Å². The Kier molecular flexibility index (Phi) is 3.92. The van der Waals surface area contributed by atoms with Gasteiger partial charge in [0.1, 0.15) is 0 Å². The molecule has 0 spiro atoms. The normalized spacial score (nSPS) is 33.0. The van der Waals surface area contributed by atoms with Crippen molar-refractivity contribution in [1.82, 2.24) is 0 Å². The Bertz CT molecular complexity index is 433. The van der Waals surface area contributed by atoms with Gasteiger partial charge in [0.2, 0.25) is 5.60 Å². The van der Waals surface area contributed by atoms with Crippen molar-refractivity contribution in [1.29, 1.82) is 0 Å². The molecular weight excluding hydrogens is 291 g/mol. The van der Waals surface area contributed by atoms with Gasteiger partial charge in [-0.05, 0) is 13.3 Å². The summed E-state index contributed by atoms with van der Waals surface area (Å²) in [7, 11) is 0. The van der Waals surface area contributed by atoms with E-state index in [1.807, 2.05) is 0 Å². The third-order valence-electron chi connectivity index (χ3n) is 3.10. The average molecular weight is 304 g/mol. The lowest BCUT2D eigenvalue weighted by molar-refractivity contribution is -0.409. The van der Waals surface area contributed by atoms with E-state index in [2.05, 4.69) is 16.1 Å². The molecule has 4 nitrogen and oxygen atoms in total. The zero-order valence-corrected chi connectivity index (χ0v) is 10.7.